The summed E-state index contributed by atoms with van der Waals surface area (Å²) in [5, 5.41) is 0. The third kappa shape index (κ3) is 1.84. The summed E-state index contributed by atoms with van der Waals surface area (Å²) in [6.07, 6.45) is 7.44. The zero-order valence-corrected chi connectivity index (χ0v) is 10.0. The second kappa shape index (κ2) is 3.95. The highest BCUT2D eigenvalue weighted by molar-refractivity contribution is 5.37. The maximum absolute atomic E-state index is 13.9. The summed E-state index contributed by atoms with van der Waals surface area (Å²) in [5.41, 5.74) is 0.329. The largest absolute Gasteiger partial charge is 0.367 e. The van der Waals surface area contributed by atoms with Crippen LogP contribution in [0.5, 0.6) is 0 Å². The lowest BCUT2D eigenvalue weighted by atomic mass is 9.87. The van der Waals surface area contributed by atoms with E-state index in [1.165, 1.54) is 6.07 Å². The highest BCUT2D eigenvalue weighted by Gasteiger charge is 2.33. The Morgan fingerprint density at radius 1 is 1.29 bits per heavy atom. The second-order valence-electron chi connectivity index (χ2n) is 4.39. The van der Waals surface area contributed by atoms with Gasteiger partial charge in [-0.1, -0.05) is 12.2 Å². The minimum absolute atomic E-state index is 0.405. The number of hydrogen-bond acceptors (Lipinski definition) is 2. The van der Waals surface area contributed by atoms with Crippen LogP contribution in [-0.4, -0.2) is 16.9 Å². The first-order valence-electron chi connectivity index (χ1n) is 5.37. The van der Waals surface area contributed by atoms with E-state index in [1.807, 2.05) is 43.3 Å². The summed E-state index contributed by atoms with van der Waals surface area (Å²) < 4.78 is 26.9. The van der Waals surface area contributed by atoms with Gasteiger partial charge < -0.3 is 4.90 Å². The van der Waals surface area contributed by atoms with E-state index in [4.69, 9.17) is 0 Å². The minimum Gasteiger partial charge on any atom is -0.367 e. The molecule has 1 atom stereocenters. The molecule has 90 valence electrons. The first-order chi connectivity index (χ1) is 7.95. The van der Waals surface area contributed by atoms with Crippen LogP contribution < -0.4 is 0 Å². The van der Waals surface area contributed by atoms with Crippen molar-refractivity contribution in [2.75, 3.05) is 7.05 Å². The van der Waals surface area contributed by atoms with Gasteiger partial charge in [-0.25, -0.2) is 0 Å². The maximum Gasteiger partial charge on any atom is 0.221 e. The fourth-order valence-corrected chi connectivity index (χ4v) is 2.16. The normalized spacial score (nSPS) is 23.2. The van der Waals surface area contributed by atoms with Gasteiger partial charge in [0.05, 0.1) is 5.54 Å². The lowest BCUT2D eigenvalue weighted by Gasteiger charge is -2.38. The molecule has 4 heteroatoms. The SMILES string of the molecule is Cc1cc(F)nc(F)c1C1(C)C=CC=CN1C. The number of hydrogen-bond donors (Lipinski definition) is 0. The Hall–Kier alpha value is -1.71. The first kappa shape index (κ1) is 11.8. The molecule has 1 aliphatic heterocycles. The van der Waals surface area contributed by atoms with E-state index in [1.54, 1.807) is 6.92 Å². The summed E-state index contributed by atoms with van der Waals surface area (Å²) in [6.45, 7) is 3.56. The molecule has 0 spiro atoms. The van der Waals surface area contributed by atoms with E-state index in [0.29, 0.717) is 11.1 Å². The molecule has 0 radical (unpaired) electrons. The number of pyridine rings is 1. The van der Waals surface area contributed by atoms with E-state index in [0.717, 1.165) is 0 Å². The minimum atomic E-state index is -0.787. The predicted octanol–water partition coefficient (Wildman–Crippen LogP) is 2.90. The highest BCUT2D eigenvalue weighted by atomic mass is 19.1. The van der Waals surface area contributed by atoms with Crippen LogP contribution in [0.25, 0.3) is 0 Å². The third-order valence-corrected chi connectivity index (χ3v) is 3.22. The van der Waals surface area contributed by atoms with Crippen molar-refractivity contribution in [3.05, 3.63) is 53.5 Å². The van der Waals surface area contributed by atoms with Crippen molar-refractivity contribution in [3.63, 3.8) is 0 Å². The topological polar surface area (TPSA) is 16.1 Å². The molecule has 0 fully saturated rings. The molecule has 2 heterocycles. The molecule has 0 saturated carbocycles. The average Bonchev–Trinajstić information content (AvgIpc) is 2.21. The van der Waals surface area contributed by atoms with Gasteiger partial charge in [0.25, 0.3) is 0 Å². The van der Waals surface area contributed by atoms with Crippen LogP contribution in [-0.2, 0) is 5.54 Å². The van der Waals surface area contributed by atoms with E-state index in [-0.39, 0.29) is 0 Å². The fraction of sp³-hybridized carbons (Fsp3) is 0.308. The molecule has 1 aromatic rings. The molecule has 17 heavy (non-hydrogen) atoms. The van der Waals surface area contributed by atoms with Crippen LogP contribution in [0.3, 0.4) is 0 Å². The number of aromatic nitrogens is 1. The van der Waals surface area contributed by atoms with Crippen molar-refractivity contribution in [2.24, 2.45) is 0 Å². The average molecular weight is 236 g/mol. The number of nitrogens with zero attached hydrogens (tertiary/aromatic N) is 2. The zero-order valence-electron chi connectivity index (χ0n) is 10.0. The van der Waals surface area contributed by atoms with Gasteiger partial charge in [-0.15, -0.1) is 0 Å². The van der Waals surface area contributed by atoms with Crippen molar-refractivity contribution in [1.82, 2.24) is 9.88 Å². The standard InChI is InChI=1S/C13H14F2N2/c1-9-8-10(14)16-12(15)11(9)13(2)6-4-5-7-17(13)3/h4-8H,1-3H3. The molecule has 0 bridgehead atoms. The molecule has 0 amide bonds. The van der Waals surface area contributed by atoms with Crippen LogP contribution >= 0.6 is 0 Å². The molecule has 0 saturated heterocycles. The molecule has 2 rings (SSSR count). The summed E-state index contributed by atoms with van der Waals surface area (Å²) >= 11 is 0. The van der Waals surface area contributed by atoms with Crippen molar-refractivity contribution in [1.29, 1.82) is 0 Å². The van der Waals surface area contributed by atoms with Gasteiger partial charge in [0, 0.05) is 12.6 Å². The van der Waals surface area contributed by atoms with Crippen LogP contribution in [0.2, 0.25) is 0 Å². The van der Waals surface area contributed by atoms with Crippen LogP contribution in [0.15, 0.2) is 30.5 Å². The van der Waals surface area contributed by atoms with Gasteiger partial charge in [-0.05, 0) is 37.8 Å². The molecule has 1 aromatic heterocycles. The quantitative estimate of drug-likeness (QED) is 0.697. The summed E-state index contributed by atoms with van der Waals surface area (Å²) in [6, 6.07) is 1.25. The van der Waals surface area contributed by atoms with Crippen molar-refractivity contribution in [3.8, 4) is 0 Å². The third-order valence-electron chi connectivity index (χ3n) is 3.22. The molecule has 0 aromatic carbocycles. The number of allylic oxidation sites excluding steroid dienone is 2. The van der Waals surface area contributed by atoms with Gasteiger partial charge in [-0.2, -0.15) is 13.8 Å². The Morgan fingerprint density at radius 3 is 2.59 bits per heavy atom. The Bertz CT molecular complexity index is 485. The van der Waals surface area contributed by atoms with Crippen LogP contribution in [0.1, 0.15) is 18.1 Å². The second-order valence-corrected chi connectivity index (χ2v) is 4.39. The van der Waals surface area contributed by atoms with E-state index in [2.05, 4.69) is 4.98 Å². The van der Waals surface area contributed by atoms with E-state index >= 15 is 0 Å². The lowest BCUT2D eigenvalue weighted by Crippen LogP contribution is -2.39. The molecule has 1 unspecified atom stereocenters. The first-order valence-corrected chi connectivity index (χ1v) is 5.37. The smallest absolute Gasteiger partial charge is 0.221 e. The molecule has 1 aliphatic rings. The number of likely N-dealkylation sites (N-methyl/N-ethyl adjacent to an activating group) is 1. The number of rotatable bonds is 1. The summed E-state index contributed by atoms with van der Waals surface area (Å²) in [4.78, 5) is 5.14. The Balaban J connectivity index is 2.61. The molecule has 2 nitrogen and oxygen atoms in total. The molecular weight excluding hydrogens is 222 g/mol. The van der Waals surface area contributed by atoms with Crippen LogP contribution in [0, 0.1) is 18.8 Å². The van der Waals surface area contributed by atoms with Crippen LogP contribution in [0.4, 0.5) is 8.78 Å². The molecular formula is C13H14F2N2. The van der Waals surface area contributed by atoms with Gasteiger partial charge in [-0.3, -0.25) is 0 Å². The van der Waals surface area contributed by atoms with Gasteiger partial charge in [0.1, 0.15) is 0 Å². The number of halogens is 2. The summed E-state index contributed by atoms with van der Waals surface area (Å²) in [7, 11) is 1.85. The zero-order chi connectivity index (χ0) is 12.6. The molecule has 0 N–H and O–H groups in total. The summed E-state index contributed by atoms with van der Waals surface area (Å²) in [5.74, 6) is -1.54. The van der Waals surface area contributed by atoms with Crippen molar-refractivity contribution >= 4 is 0 Å². The van der Waals surface area contributed by atoms with Crippen molar-refractivity contribution in [2.45, 2.75) is 19.4 Å². The van der Waals surface area contributed by atoms with Gasteiger partial charge in [0.2, 0.25) is 11.9 Å². The Kier molecular flexibility index (Phi) is 2.73. The Labute approximate surface area is 99.3 Å². The van der Waals surface area contributed by atoms with E-state index < -0.39 is 17.4 Å². The van der Waals surface area contributed by atoms with Gasteiger partial charge in [0.15, 0.2) is 0 Å². The predicted molar refractivity (Wildman–Crippen MR) is 62.3 cm³/mol. The highest BCUT2D eigenvalue weighted by Crippen LogP contribution is 2.34. The fourth-order valence-electron chi connectivity index (χ4n) is 2.16. The van der Waals surface area contributed by atoms with Crippen molar-refractivity contribution < 1.29 is 8.78 Å². The molecule has 0 aliphatic carbocycles. The lowest BCUT2D eigenvalue weighted by molar-refractivity contribution is 0.249. The monoisotopic (exact) mass is 236 g/mol. The van der Waals surface area contributed by atoms with E-state index in [9.17, 15) is 8.78 Å². The number of aryl methyl sites for hydroxylation is 1. The Morgan fingerprint density at radius 2 is 2.00 bits per heavy atom. The van der Waals surface area contributed by atoms with Gasteiger partial charge >= 0.3 is 0 Å². The maximum atomic E-state index is 13.9.